The van der Waals surface area contributed by atoms with E-state index in [9.17, 15) is 13.2 Å². The van der Waals surface area contributed by atoms with Crippen LogP contribution in [0.15, 0.2) is 18.2 Å². The Morgan fingerprint density at radius 1 is 1.33 bits per heavy atom. The fourth-order valence-corrected chi connectivity index (χ4v) is 0.686. The van der Waals surface area contributed by atoms with Gasteiger partial charge in [0.1, 0.15) is 5.69 Å². The number of nitrogens with zero attached hydrogens (tertiary/aromatic N) is 1. The van der Waals surface area contributed by atoms with Crippen molar-refractivity contribution in [3.05, 3.63) is 23.9 Å². The Hall–Kier alpha value is -1.26. The number of rotatable bonds is 1. The van der Waals surface area contributed by atoms with E-state index in [2.05, 4.69) is 9.72 Å². The number of ether oxygens (including phenoxy) is 1. The van der Waals surface area contributed by atoms with Gasteiger partial charge in [-0.2, -0.15) is 13.2 Å². The zero-order valence-electron chi connectivity index (χ0n) is 6.22. The van der Waals surface area contributed by atoms with Crippen molar-refractivity contribution in [2.24, 2.45) is 0 Å². The van der Waals surface area contributed by atoms with Crippen LogP contribution < -0.4 is 4.74 Å². The van der Waals surface area contributed by atoms with Crippen molar-refractivity contribution in [3.63, 3.8) is 0 Å². The first-order valence-electron chi connectivity index (χ1n) is 3.12. The van der Waals surface area contributed by atoms with Crippen LogP contribution in [0.4, 0.5) is 13.2 Å². The molecule has 0 fully saturated rings. The summed E-state index contributed by atoms with van der Waals surface area (Å²) in [5, 5.41) is 0. The van der Waals surface area contributed by atoms with Gasteiger partial charge in [0.25, 0.3) is 0 Å². The third kappa shape index (κ3) is 1.87. The molecule has 0 radical (unpaired) electrons. The van der Waals surface area contributed by atoms with Crippen molar-refractivity contribution in [2.45, 2.75) is 6.18 Å². The number of methoxy groups -OCH3 is 1. The molecule has 0 aliphatic rings. The number of halogens is 3. The first-order chi connectivity index (χ1) is 5.54. The molecule has 0 aliphatic heterocycles. The summed E-state index contributed by atoms with van der Waals surface area (Å²) in [7, 11) is 1.27. The molecule has 66 valence electrons. The molecule has 0 saturated carbocycles. The van der Waals surface area contributed by atoms with Gasteiger partial charge in [0, 0.05) is 6.07 Å². The van der Waals surface area contributed by atoms with Gasteiger partial charge >= 0.3 is 6.18 Å². The van der Waals surface area contributed by atoms with Crippen LogP contribution in [0.25, 0.3) is 0 Å². The normalized spacial score (nSPS) is 11.3. The molecular weight excluding hydrogens is 171 g/mol. The van der Waals surface area contributed by atoms with Gasteiger partial charge in [-0.3, -0.25) is 0 Å². The Morgan fingerprint density at radius 2 is 2.00 bits per heavy atom. The highest BCUT2D eigenvalue weighted by atomic mass is 19.4. The molecule has 1 rings (SSSR count). The largest absolute Gasteiger partial charge is 0.481 e. The molecule has 0 bridgehead atoms. The Bertz CT molecular complexity index is 272. The number of hydrogen-bond acceptors (Lipinski definition) is 2. The lowest BCUT2D eigenvalue weighted by atomic mass is 10.3. The molecule has 0 atom stereocenters. The van der Waals surface area contributed by atoms with Crippen LogP contribution in [0.3, 0.4) is 0 Å². The SMILES string of the molecule is COc1cccc(C(F)(F)F)n1. The zero-order chi connectivity index (χ0) is 9.19. The molecule has 1 heterocycles. The molecule has 5 heteroatoms. The first-order valence-corrected chi connectivity index (χ1v) is 3.12. The van der Waals surface area contributed by atoms with Crippen LogP contribution in [0.2, 0.25) is 0 Å². The molecular formula is C7H6F3NO. The van der Waals surface area contributed by atoms with E-state index in [-0.39, 0.29) is 5.88 Å². The molecule has 0 aromatic carbocycles. The predicted molar refractivity (Wildman–Crippen MR) is 35.8 cm³/mol. The summed E-state index contributed by atoms with van der Waals surface area (Å²) in [6.07, 6.45) is -4.41. The smallest absolute Gasteiger partial charge is 0.433 e. The predicted octanol–water partition coefficient (Wildman–Crippen LogP) is 2.11. The Morgan fingerprint density at radius 3 is 2.50 bits per heavy atom. The maximum Gasteiger partial charge on any atom is 0.433 e. The lowest BCUT2D eigenvalue weighted by molar-refractivity contribution is -0.141. The second kappa shape index (κ2) is 3.00. The highest BCUT2D eigenvalue weighted by molar-refractivity contribution is 5.17. The van der Waals surface area contributed by atoms with E-state index in [1.807, 2.05) is 0 Å². The van der Waals surface area contributed by atoms with Gasteiger partial charge in [-0.05, 0) is 6.07 Å². The second-order valence-corrected chi connectivity index (χ2v) is 2.06. The Labute approximate surface area is 67.0 Å². The van der Waals surface area contributed by atoms with Crippen molar-refractivity contribution in [1.29, 1.82) is 0 Å². The summed E-state index contributed by atoms with van der Waals surface area (Å²) in [4.78, 5) is 3.22. The summed E-state index contributed by atoms with van der Waals surface area (Å²) in [5.74, 6) is -0.0372. The zero-order valence-corrected chi connectivity index (χ0v) is 6.22. The van der Waals surface area contributed by atoms with E-state index in [4.69, 9.17) is 0 Å². The van der Waals surface area contributed by atoms with E-state index in [1.54, 1.807) is 0 Å². The second-order valence-electron chi connectivity index (χ2n) is 2.06. The highest BCUT2D eigenvalue weighted by Crippen LogP contribution is 2.28. The highest BCUT2D eigenvalue weighted by Gasteiger charge is 2.32. The summed E-state index contributed by atoms with van der Waals surface area (Å²) in [6.45, 7) is 0. The molecule has 0 aliphatic carbocycles. The number of alkyl halides is 3. The molecule has 1 aromatic heterocycles. The van der Waals surface area contributed by atoms with Crippen LogP contribution in [-0.2, 0) is 6.18 Å². The summed E-state index contributed by atoms with van der Waals surface area (Å²) in [6, 6.07) is 3.49. The summed E-state index contributed by atoms with van der Waals surface area (Å²) < 4.78 is 40.5. The molecule has 2 nitrogen and oxygen atoms in total. The van der Waals surface area contributed by atoms with Gasteiger partial charge < -0.3 is 4.74 Å². The molecule has 0 unspecified atom stereocenters. The van der Waals surface area contributed by atoms with Gasteiger partial charge in [-0.1, -0.05) is 6.07 Å². The Kier molecular flexibility index (Phi) is 2.21. The molecule has 0 saturated heterocycles. The average Bonchev–Trinajstić information content (AvgIpc) is 2.03. The number of pyridine rings is 1. The van der Waals surface area contributed by atoms with E-state index in [1.165, 1.54) is 19.2 Å². The Balaban J connectivity index is 3.02. The van der Waals surface area contributed by atoms with Gasteiger partial charge in [-0.25, -0.2) is 4.98 Å². The molecule has 12 heavy (non-hydrogen) atoms. The number of aromatic nitrogens is 1. The van der Waals surface area contributed by atoms with Crippen LogP contribution in [0.5, 0.6) is 5.88 Å². The van der Waals surface area contributed by atoms with Crippen molar-refractivity contribution < 1.29 is 17.9 Å². The lowest BCUT2D eigenvalue weighted by Gasteiger charge is -2.05. The quantitative estimate of drug-likeness (QED) is 0.655. The van der Waals surface area contributed by atoms with Gasteiger partial charge in [0.15, 0.2) is 0 Å². The van der Waals surface area contributed by atoms with E-state index in [0.717, 1.165) is 6.07 Å². The van der Waals surface area contributed by atoms with Gasteiger partial charge in [0.05, 0.1) is 7.11 Å². The maximum absolute atomic E-state index is 12.0. The third-order valence-electron chi connectivity index (χ3n) is 1.22. The van der Waals surface area contributed by atoms with Gasteiger partial charge in [0.2, 0.25) is 5.88 Å². The fourth-order valence-electron chi connectivity index (χ4n) is 0.686. The molecule has 0 spiro atoms. The first kappa shape index (κ1) is 8.83. The van der Waals surface area contributed by atoms with E-state index in [0.29, 0.717) is 0 Å². The van der Waals surface area contributed by atoms with Crippen LogP contribution in [0, 0.1) is 0 Å². The molecule has 0 N–H and O–H groups in total. The lowest BCUT2D eigenvalue weighted by Crippen LogP contribution is -2.07. The minimum absolute atomic E-state index is 0.0372. The standard InChI is InChI=1S/C7H6F3NO/c1-12-6-4-2-3-5(11-6)7(8,9)10/h2-4H,1H3. The topological polar surface area (TPSA) is 22.1 Å². The van der Waals surface area contributed by atoms with Crippen molar-refractivity contribution in [3.8, 4) is 5.88 Å². The monoisotopic (exact) mass is 177 g/mol. The minimum Gasteiger partial charge on any atom is -0.481 e. The molecule has 0 amide bonds. The van der Waals surface area contributed by atoms with Crippen LogP contribution in [-0.4, -0.2) is 12.1 Å². The van der Waals surface area contributed by atoms with E-state index < -0.39 is 11.9 Å². The average molecular weight is 177 g/mol. The summed E-state index contributed by atoms with van der Waals surface area (Å²) >= 11 is 0. The maximum atomic E-state index is 12.0. The molecule has 1 aromatic rings. The number of hydrogen-bond donors (Lipinski definition) is 0. The van der Waals surface area contributed by atoms with Gasteiger partial charge in [-0.15, -0.1) is 0 Å². The third-order valence-corrected chi connectivity index (χ3v) is 1.22. The van der Waals surface area contributed by atoms with Crippen molar-refractivity contribution in [2.75, 3.05) is 7.11 Å². The van der Waals surface area contributed by atoms with Crippen molar-refractivity contribution in [1.82, 2.24) is 4.98 Å². The van der Waals surface area contributed by atoms with E-state index >= 15 is 0 Å². The summed E-state index contributed by atoms with van der Waals surface area (Å²) in [5.41, 5.74) is -0.943. The van der Waals surface area contributed by atoms with Crippen LogP contribution >= 0.6 is 0 Å². The fraction of sp³-hybridized carbons (Fsp3) is 0.286. The van der Waals surface area contributed by atoms with Crippen LogP contribution in [0.1, 0.15) is 5.69 Å². The minimum atomic E-state index is -4.41. The van der Waals surface area contributed by atoms with Crippen molar-refractivity contribution >= 4 is 0 Å².